The molecule has 0 fully saturated rings. The molecule has 2 aromatic carbocycles. The van der Waals surface area contributed by atoms with Crippen LogP contribution in [-0.4, -0.2) is 28.0 Å². The summed E-state index contributed by atoms with van der Waals surface area (Å²) in [6.07, 6.45) is 0. The number of carbonyl (C=O) groups excluding carboxylic acids is 1. The van der Waals surface area contributed by atoms with Crippen molar-refractivity contribution >= 4 is 17.7 Å². The summed E-state index contributed by atoms with van der Waals surface area (Å²) in [5.74, 6) is 0.680. The normalized spacial score (nSPS) is 11.7. The first-order valence-corrected chi connectivity index (χ1v) is 10.1. The van der Waals surface area contributed by atoms with Crippen molar-refractivity contribution in [3.05, 3.63) is 82.1 Å². The standard InChI is InChI=1S/C22H23N3O3S/c1-15-4-8-18(9-5-15)25-21(26)13-12-20(24-25)29-16(2)22(27)23-14-17-6-10-19(28-3)11-7-17/h4-13,16H,14H2,1-3H3,(H,23,27). The quantitative estimate of drug-likeness (QED) is 0.606. The van der Waals surface area contributed by atoms with Crippen LogP contribution in [0.1, 0.15) is 18.1 Å². The fourth-order valence-corrected chi connectivity index (χ4v) is 3.47. The molecular formula is C22H23N3O3S. The highest BCUT2D eigenvalue weighted by atomic mass is 32.2. The fourth-order valence-electron chi connectivity index (χ4n) is 2.64. The Bertz CT molecular complexity index is 1030. The number of benzene rings is 2. The van der Waals surface area contributed by atoms with Crippen molar-refractivity contribution in [2.24, 2.45) is 0 Å². The molecule has 1 amide bonds. The number of carbonyl (C=O) groups is 1. The van der Waals surface area contributed by atoms with Crippen LogP contribution in [0.2, 0.25) is 0 Å². The number of aryl methyl sites for hydroxylation is 1. The van der Waals surface area contributed by atoms with Gasteiger partial charge in [0.25, 0.3) is 5.56 Å². The summed E-state index contributed by atoms with van der Waals surface area (Å²) in [4.78, 5) is 24.6. The molecule has 0 spiro atoms. The highest BCUT2D eigenvalue weighted by Crippen LogP contribution is 2.21. The summed E-state index contributed by atoms with van der Waals surface area (Å²) in [7, 11) is 1.62. The lowest BCUT2D eigenvalue weighted by molar-refractivity contribution is -0.120. The monoisotopic (exact) mass is 409 g/mol. The molecule has 1 atom stereocenters. The first-order valence-electron chi connectivity index (χ1n) is 9.21. The number of rotatable bonds is 7. The Morgan fingerprint density at radius 2 is 1.79 bits per heavy atom. The maximum Gasteiger partial charge on any atom is 0.271 e. The molecule has 1 heterocycles. The van der Waals surface area contributed by atoms with Gasteiger partial charge in [-0.15, -0.1) is 0 Å². The van der Waals surface area contributed by atoms with E-state index in [2.05, 4.69) is 10.4 Å². The van der Waals surface area contributed by atoms with Crippen LogP contribution in [0.25, 0.3) is 5.69 Å². The molecule has 1 unspecified atom stereocenters. The molecule has 29 heavy (non-hydrogen) atoms. The average Bonchev–Trinajstić information content (AvgIpc) is 2.74. The highest BCUT2D eigenvalue weighted by molar-refractivity contribution is 8.00. The predicted octanol–water partition coefficient (Wildman–Crippen LogP) is 3.35. The Balaban J connectivity index is 1.64. The molecule has 1 N–H and O–H groups in total. The van der Waals surface area contributed by atoms with Gasteiger partial charge in [0.15, 0.2) is 0 Å². The summed E-state index contributed by atoms with van der Waals surface area (Å²) < 4.78 is 6.48. The van der Waals surface area contributed by atoms with Crippen molar-refractivity contribution in [1.82, 2.24) is 15.1 Å². The third-order valence-corrected chi connectivity index (χ3v) is 5.37. The van der Waals surface area contributed by atoms with E-state index in [0.29, 0.717) is 17.3 Å². The van der Waals surface area contributed by atoms with E-state index in [1.54, 1.807) is 13.2 Å². The molecule has 1 aromatic heterocycles. The van der Waals surface area contributed by atoms with Crippen LogP contribution in [-0.2, 0) is 11.3 Å². The zero-order valence-electron chi connectivity index (χ0n) is 16.6. The summed E-state index contributed by atoms with van der Waals surface area (Å²) >= 11 is 1.31. The van der Waals surface area contributed by atoms with Crippen LogP contribution in [0.15, 0.2) is 70.5 Å². The van der Waals surface area contributed by atoms with Gasteiger partial charge in [-0.25, -0.2) is 0 Å². The molecule has 7 heteroatoms. The molecule has 150 valence electrons. The summed E-state index contributed by atoms with van der Waals surface area (Å²) in [6, 6.07) is 18.2. The summed E-state index contributed by atoms with van der Waals surface area (Å²) in [5, 5.41) is 7.58. The van der Waals surface area contributed by atoms with Gasteiger partial charge in [-0.1, -0.05) is 41.6 Å². The van der Waals surface area contributed by atoms with E-state index in [4.69, 9.17) is 4.74 Å². The molecule has 0 saturated carbocycles. The van der Waals surface area contributed by atoms with Gasteiger partial charge >= 0.3 is 0 Å². The third-order valence-electron chi connectivity index (χ3n) is 4.35. The molecule has 3 rings (SSSR count). The minimum Gasteiger partial charge on any atom is -0.497 e. The van der Waals surface area contributed by atoms with E-state index >= 15 is 0 Å². The minimum absolute atomic E-state index is 0.0966. The minimum atomic E-state index is -0.357. The van der Waals surface area contributed by atoms with Gasteiger partial charge in [0.1, 0.15) is 10.8 Å². The van der Waals surface area contributed by atoms with Crippen LogP contribution >= 0.6 is 11.8 Å². The van der Waals surface area contributed by atoms with Gasteiger partial charge in [0.05, 0.1) is 18.0 Å². The smallest absolute Gasteiger partial charge is 0.271 e. The van der Waals surface area contributed by atoms with Crippen molar-refractivity contribution < 1.29 is 9.53 Å². The van der Waals surface area contributed by atoms with Crippen molar-refractivity contribution in [3.63, 3.8) is 0 Å². The maximum absolute atomic E-state index is 12.5. The van der Waals surface area contributed by atoms with Crippen molar-refractivity contribution in [1.29, 1.82) is 0 Å². The van der Waals surface area contributed by atoms with Gasteiger partial charge in [0.2, 0.25) is 5.91 Å². The Hall–Kier alpha value is -3.06. The first kappa shape index (κ1) is 20.7. The summed E-state index contributed by atoms with van der Waals surface area (Å²) in [5.41, 5.74) is 2.58. The number of aromatic nitrogens is 2. The number of nitrogens with one attached hydrogen (secondary N) is 1. The SMILES string of the molecule is COc1ccc(CNC(=O)C(C)Sc2ccc(=O)n(-c3ccc(C)cc3)n2)cc1. The van der Waals surface area contributed by atoms with Gasteiger partial charge in [-0.05, 0) is 49.7 Å². The van der Waals surface area contributed by atoms with E-state index in [1.165, 1.54) is 22.5 Å². The number of amides is 1. The Morgan fingerprint density at radius 1 is 1.10 bits per heavy atom. The first-order chi connectivity index (χ1) is 14.0. The van der Waals surface area contributed by atoms with Gasteiger partial charge in [-0.2, -0.15) is 9.78 Å². The number of hydrogen-bond donors (Lipinski definition) is 1. The van der Waals surface area contributed by atoms with Crippen molar-refractivity contribution in [2.45, 2.75) is 30.7 Å². The zero-order chi connectivity index (χ0) is 20.8. The Labute approximate surface area is 173 Å². The Kier molecular flexibility index (Phi) is 6.72. The van der Waals surface area contributed by atoms with E-state index in [-0.39, 0.29) is 16.7 Å². The molecule has 0 radical (unpaired) electrons. The number of nitrogens with zero attached hydrogens (tertiary/aromatic N) is 2. The summed E-state index contributed by atoms with van der Waals surface area (Å²) in [6.45, 7) is 4.24. The lowest BCUT2D eigenvalue weighted by Crippen LogP contribution is -2.30. The highest BCUT2D eigenvalue weighted by Gasteiger charge is 2.16. The van der Waals surface area contributed by atoms with E-state index in [1.807, 2.05) is 62.4 Å². The number of methoxy groups -OCH3 is 1. The van der Waals surface area contributed by atoms with E-state index < -0.39 is 0 Å². The lowest BCUT2D eigenvalue weighted by atomic mass is 10.2. The molecule has 0 saturated heterocycles. The number of thioether (sulfide) groups is 1. The van der Waals surface area contributed by atoms with E-state index in [9.17, 15) is 9.59 Å². The van der Waals surface area contributed by atoms with Gasteiger partial charge < -0.3 is 10.1 Å². The third kappa shape index (κ3) is 5.48. The van der Waals surface area contributed by atoms with Crippen molar-refractivity contribution in [2.75, 3.05) is 7.11 Å². The van der Waals surface area contributed by atoms with Crippen molar-refractivity contribution in [3.8, 4) is 11.4 Å². The van der Waals surface area contributed by atoms with Crippen LogP contribution in [0, 0.1) is 6.92 Å². The van der Waals surface area contributed by atoms with Crippen LogP contribution < -0.4 is 15.6 Å². The second kappa shape index (κ2) is 9.43. The largest absolute Gasteiger partial charge is 0.497 e. The second-order valence-corrected chi connectivity index (χ2v) is 7.94. The fraction of sp³-hybridized carbons (Fsp3) is 0.227. The molecule has 0 aliphatic carbocycles. The van der Waals surface area contributed by atoms with Crippen LogP contribution in [0.4, 0.5) is 0 Å². The molecule has 0 aliphatic rings. The lowest BCUT2D eigenvalue weighted by Gasteiger charge is -2.13. The molecule has 0 aliphatic heterocycles. The average molecular weight is 410 g/mol. The van der Waals surface area contributed by atoms with Crippen LogP contribution in [0.3, 0.4) is 0 Å². The van der Waals surface area contributed by atoms with Gasteiger partial charge in [-0.3, -0.25) is 9.59 Å². The Morgan fingerprint density at radius 3 is 2.45 bits per heavy atom. The second-order valence-electron chi connectivity index (χ2n) is 6.58. The predicted molar refractivity (Wildman–Crippen MR) is 115 cm³/mol. The molecule has 6 nitrogen and oxygen atoms in total. The molecule has 3 aromatic rings. The maximum atomic E-state index is 12.5. The topological polar surface area (TPSA) is 73.2 Å². The number of hydrogen-bond acceptors (Lipinski definition) is 5. The van der Waals surface area contributed by atoms with Crippen LogP contribution in [0.5, 0.6) is 5.75 Å². The number of ether oxygens (including phenoxy) is 1. The molecular weight excluding hydrogens is 386 g/mol. The molecule has 0 bridgehead atoms. The van der Waals surface area contributed by atoms with E-state index in [0.717, 1.165) is 16.9 Å². The van der Waals surface area contributed by atoms with Gasteiger partial charge in [0, 0.05) is 12.6 Å². The zero-order valence-corrected chi connectivity index (χ0v) is 17.4.